The first-order chi connectivity index (χ1) is 22.6. The fourth-order valence-corrected chi connectivity index (χ4v) is 7.19. The van der Waals surface area contributed by atoms with Crippen LogP contribution in [0.15, 0.2) is 65.7 Å². The average Bonchev–Trinajstić information content (AvgIpc) is 3.62. The summed E-state index contributed by atoms with van der Waals surface area (Å²) in [7, 11) is -3.48. The second-order valence-electron chi connectivity index (χ2n) is 13.5. The maximum Gasteiger partial charge on any atom is 0.410 e. The maximum absolute atomic E-state index is 13.7. The van der Waals surface area contributed by atoms with Gasteiger partial charge < -0.3 is 15.0 Å². The molecular formula is C35H38N6O6S. The minimum atomic E-state index is -3.48. The van der Waals surface area contributed by atoms with Crippen molar-refractivity contribution in [2.45, 2.75) is 57.6 Å². The lowest BCUT2D eigenvalue weighted by molar-refractivity contribution is -0.124. The van der Waals surface area contributed by atoms with E-state index in [0.717, 1.165) is 11.6 Å². The molecule has 2 aliphatic heterocycles. The molecule has 3 amide bonds. The van der Waals surface area contributed by atoms with Gasteiger partial charge in [-0.3, -0.25) is 19.5 Å². The van der Waals surface area contributed by atoms with Crippen molar-refractivity contribution < 1.29 is 27.5 Å². The van der Waals surface area contributed by atoms with E-state index in [0.29, 0.717) is 66.5 Å². The van der Waals surface area contributed by atoms with E-state index in [1.54, 1.807) is 47.2 Å². The molecule has 0 radical (unpaired) electrons. The number of sulfone groups is 1. The van der Waals surface area contributed by atoms with Gasteiger partial charge in [-0.25, -0.2) is 23.2 Å². The first-order valence-electron chi connectivity index (χ1n) is 15.7. The standard InChI is InChI=1S/C35H38N6O6S/c1-22-9-10-23(17-29(22)48(5,45)46)31(42)37-20-25-18-28-24(19-36-25)11-12-27(38-28)26-7-6-8-30(39-26)41-16-14-35(32(41)43)13-15-40(21-35)33(44)47-34(2,3)4/h6-12,17-19H,13-16,20-21H2,1-5H3,(H,37,42). The summed E-state index contributed by atoms with van der Waals surface area (Å²) < 4.78 is 29.7. The summed E-state index contributed by atoms with van der Waals surface area (Å²) >= 11 is 0. The van der Waals surface area contributed by atoms with E-state index in [9.17, 15) is 22.8 Å². The molecule has 2 saturated heterocycles. The van der Waals surface area contributed by atoms with Crippen molar-refractivity contribution in [1.29, 1.82) is 0 Å². The fourth-order valence-electron chi connectivity index (χ4n) is 6.20. The van der Waals surface area contributed by atoms with Gasteiger partial charge in [0.1, 0.15) is 11.4 Å². The van der Waals surface area contributed by atoms with Crippen LogP contribution in [-0.4, -0.2) is 77.7 Å². The van der Waals surface area contributed by atoms with Gasteiger partial charge in [0.15, 0.2) is 9.84 Å². The van der Waals surface area contributed by atoms with Gasteiger partial charge in [-0.2, -0.15) is 0 Å². The summed E-state index contributed by atoms with van der Waals surface area (Å²) in [5, 5.41) is 3.60. The number of aromatic nitrogens is 3. The van der Waals surface area contributed by atoms with Crippen LogP contribution >= 0.6 is 0 Å². The second kappa shape index (κ2) is 12.3. The van der Waals surface area contributed by atoms with Crippen LogP contribution in [0, 0.1) is 12.3 Å². The Labute approximate surface area is 279 Å². The maximum atomic E-state index is 13.7. The molecular weight excluding hydrogens is 632 g/mol. The minimum Gasteiger partial charge on any atom is -0.444 e. The molecule has 3 aromatic heterocycles. The predicted octanol–water partition coefficient (Wildman–Crippen LogP) is 4.70. The van der Waals surface area contributed by atoms with Crippen LogP contribution in [0.25, 0.3) is 22.3 Å². The van der Waals surface area contributed by atoms with Crippen molar-refractivity contribution in [1.82, 2.24) is 25.2 Å². The third kappa shape index (κ3) is 6.73. The number of aryl methyl sites for hydroxylation is 1. The van der Waals surface area contributed by atoms with E-state index in [1.807, 2.05) is 45.0 Å². The van der Waals surface area contributed by atoms with Gasteiger partial charge in [-0.1, -0.05) is 12.1 Å². The van der Waals surface area contributed by atoms with Crippen LogP contribution in [0.1, 0.15) is 55.2 Å². The van der Waals surface area contributed by atoms with Crippen LogP contribution in [0.5, 0.6) is 0 Å². The second-order valence-corrected chi connectivity index (χ2v) is 15.5. The number of anilines is 1. The number of amides is 3. The lowest BCUT2D eigenvalue weighted by Crippen LogP contribution is -2.40. The van der Waals surface area contributed by atoms with Gasteiger partial charge in [0.05, 0.1) is 39.5 Å². The monoisotopic (exact) mass is 670 g/mol. The molecule has 13 heteroatoms. The van der Waals surface area contributed by atoms with Crippen LogP contribution in [0.4, 0.5) is 10.6 Å². The number of pyridine rings is 3. The number of nitrogens with zero attached hydrogens (tertiary/aromatic N) is 5. The van der Waals surface area contributed by atoms with Crippen LogP contribution < -0.4 is 10.2 Å². The highest BCUT2D eigenvalue weighted by atomic mass is 32.2. The van der Waals surface area contributed by atoms with Gasteiger partial charge in [0.2, 0.25) is 5.91 Å². The van der Waals surface area contributed by atoms with Gasteiger partial charge in [0, 0.05) is 43.0 Å². The molecule has 5 heterocycles. The van der Waals surface area contributed by atoms with E-state index in [4.69, 9.17) is 14.7 Å². The fraction of sp³-hybridized carbons (Fsp3) is 0.371. The quantitative estimate of drug-likeness (QED) is 0.308. The third-order valence-corrected chi connectivity index (χ3v) is 9.94. The summed E-state index contributed by atoms with van der Waals surface area (Å²) in [5.41, 5.74) is 1.98. The smallest absolute Gasteiger partial charge is 0.410 e. The number of ether oxygens (including phenoxy) is 1. The number of hydrogen-bond acceptors (Lipinski definition) is 9. The zero-order valence-electron chi connectivity index (χ0n) is 27.6. The molecule has 2 fully saturated rings. The summed E-state index contributed by atoms with van der Waals surface area (Å²) in [5.74, 6) is 0.0683. The summed E-state index contributed by atoms with van der Waals surface area (Å²) in [6.07, 6.45) is 3.60. The molecule has 0 saturated carbocycles. The number of benzene rings is 1. The molecule has 4 aromatic rings. The molecule has 2 aliphatic rings. The summed E-state index contributed by atoms with van der Waals surface area (Å²) in [6, 6.07) is 15.6. The number of hydrogen-bond donors (Lipinski definition) is 1. The zero-order valence-corrected chi connectivity index (χ0v) is 28.4. The summed E-state index contributed by atoms with van der Waals surface area (Å²) in [6.45, 7) is 8.57. The SMILES string of the molecule is Cc1ccc(C(=O)NCc2cc3nc(-c4cccc(N5CCC6(CCN(C(=O)OC(C)(C)C)C6)C5=O)n4)ccc3cn2)cc1S(C)(=O)=O. The molecule has 12 nitrogen and oxygen atoms in total. The van der Waals surface area contributed by atoms with Crippen LogP contribution in [0.2, 0.25) is 0 Å². The molecule has 1 N–H and O–H groups in total. The van der Waals surface area contributed by atoms with E-state index < -0.39 is 32.9 Å². The normalized spacial score (nSPS) is 18.1. The molecule has 6 rings (SSSR count). The van der Waals surface area contributed by atoms with Gasteiger partial charge in [0.25, 0.3) is 5.91 Å². The number of rotatable bonds is 6. The molecule has 0 aliphatic carbocycles. The van der Waals surface area contributed by atoms with Crippen molar-refractivity contribution in [3.05, 3.63) is 77.6 Å². The zero-order chi connectivity index (χ0) is 34.4. The predicted molar refractivity (Wildman–Crippen MR) is 180 cm³/mol. The Balaban J connectivity index is 1.16. The molecule has 1 spiro atoms. The Morgan fingerprint density at radius 1 is 1.00 bits per heavy atom. The molecule has 1 unspecified atom stereocenters. The Hall–Kier alpha value is -4.91. The lowest BCUT2D eigenvalue weighted by atomic mass is 9.85. The number of likely N-dealkylation sites (tertiary alicyclic amines) is 1. The summed E-state index contributed by atoms with van der Waals surface area (Å²) in [4.78, 5) is 56.8. The number of fused-ring (bicyclic) bond motifs is 1. The molecule has 0 bridgehead atoms. The highest BCUT2D eigenvalue weighted by molar-refractivity contribution is 7.90. The van der Waals surface area contributed by atoms with Crippen LogP contribution in [0.3, 0.4) is 0 Å². The largest absolute Gasteiger partial charge is 0.444 e. The Morgan fingerprint density at radius 2 is 1.75 bits per heavy atom. The van der Waals surface area contributed by atoms with E-state index >= 15 is 0 Å². The van der Waals surface area contributed by atoms with Crippen LogP contribution in [-0.2, 0) is 25.9 Å². The topological polar surface area (TPSA) is 152 Å². The lowest BCUT2D eigenvalue weighted by Gasteiger charge is -2.26. The van der Waals surface area contributed by atoms with Crippen molar-refractivity contribution >= 4 is 44.5 Å². The van der Waals surface area contributed by atoms with E-state index in [1.165, 1.54) is 6.07 Å². The first-order valence-corrected chi connectivity index (χ1v) is 17.6. The molecule has 1 atom stereocenters. The third-order valence-electron chi connectivity index (χ3n) is 8.70. The van der Waals surface area contributed by atoms with Crippen molar-refractivity contribution in [3.8, 4) is 11.4 Å². The van der Waals surface area contributed by atoms with Crippen molar-refractivity contribution in [3.63, 3.8) is 0 Å². The number of nitrogens with one attached hydrogen (secondary N) is 1. The minimum absolute atomic E-state index is 0.0411. The van der Waals surface area contributed by atoms with Crippen molar-refractivity contribution in [2.75, 3.05) is 30.8 Å². The Morgan fingerprint density at radius 3 is 2.50 bits per heavy atom. The molecule has 48 heavy (non-hydrogen) atoms. The molecule has 250 valence electrons. The Bertz CT molecular complexity index is 2060. The van der Waals surface area contributed by atoms with Gasteiger partial charge in [-0.05, 0) is 88.6 Å². The first kappa shape index (κ1) is 33.0. The highest BCUT2D eigenvalue weighted by Gasteiger charge is 2.52. The molecule has 1 aromatic carbocycles. The van der Waals surface area contributed by atoms with E-state index in [-0.39, 0.29) is 22.9 Å². The average molecular weight is 671 g/mol. The Kier molecular flexibility index (Phi) is 8.44. The van der Waals surface area contributed by atoms with Crippen molar-refractivity contribution in [2.24, 2.45) is 5.41 Å². The number of carbonyl (C=O) groups is 3. The van der Waals surface area contributed by atoms with Gasteiger partial charge >= 0.3 is 6.09 Å². The van der Waals surface area contributed by atoms with Gasteiger partial charge in [-0.15, -0.1) is 0 Å². The van der Waals surface area contributed by atoms with E-state index in [2.05, 4.69) is 10.3 Å². The number of carbonyl (C=O) groups excluding carboxylic acids is 3. The highest BCUT2D eigenvalue weighted by Crippen LogP contribution is 2.42.